The van der Waals surface area contributed by atoms with Crippen molar-refractivity contribution >= 4 is 11.8 Å². The van der Waals surface area contributed by atoms with Crippen molar-refractivity contribution in [1.29, 1.82) is 0 Å². The highest BCUT2D eigenvalue weighted by Gasteiger charge is 2.45. The van der Waals surface area contributed by atoms with E-state index in [9.17, 15) is 9.59 Å². The molecule has 0 unspecified atom stereocenters. The van der Waals surface area contributed by atoms with Crippen LogP contribution in [0.15, 0.2) is 12.2 Å². The smallest absolute Gasteiger partial charge is 0.227 e. The van der Waals surface area contributed by atoms with Crippen LogP contribution in [0.4, 0.5) is 0 Å². The van der Waals surface area contributed by atoms with Crippen LogP contribution in [0.3, 0.4) is 0 Å². The molecule has 134 valence electrons. The van der Waals surface area contributed by atoms with Crippen molar-refractivity contribution in [3.63, 3.8) is 0 Å². The summed E-state index contributed by atoms with van der Waals surface area (Å²) in [6.07, 6.45) is 14.2. The number of piperidine rings is 1. The molecule has 2 aliphatic carbocycles. The maximum absolute atomic E-state index is 13.2. The topological polar surface area (TPSA) is 49.4 Å². The quantitative estimate of drug-likeness (QED) is 0.620. The molecule has 0 radical (unpaired) electrons. The van der Waals surface area contributed by atoms with Gasteiger partial charge in [0.05, 0.1) is 11.8 Å². The van der Waals surface area contributed by atoms with Crippen molar-refractivity contribution < 1.29 is 9.59 Å². The Morgan fingerprint density at radius 2 is 2.04 bits per heavy atom. The van der Waals surface area contributed by atoms with Gasteiger partial charge in [0, 0.05) is 19.1 Å². The third-order valence-electron chi connectivity index (χ3n) is 6.12. The molecule has 3 atom stereocenters. The highest BCUT2D eigenvalue weighted by Crippen LogP contribution is 2.39. The van der Waals surface area contributed by atoms with Gasteiger partial charge in [-0.2, -0.15) is 0 Å². The lowest BCUT2D eigenvalue weighted by molar-refractivity contribution is -0.150. The fraction of sp³-hybridized carbons (Fsp3) is 0.800. The second-order valence-corrected chi connectivity index (χ2v) is 7.72. The van der Waals surface area contributed by atoms with E-state index < -0.39 is 0 Å². The zero-order chi connectivity index (χ0) is 16.9. The first-order chi connectivity index (χ1) is 11.7. The number of unbranched alkanes of at least 4 members (excludes halogenated alkanes) is 1. The van der Waals surface area contributed by atoms with Crippen LogP contribution >= 0.6 is 0 Å². The third-order valence-corrected chi connectivity index (χ3v) is 6.12. The monoisotopic (exact) mass is 332 g/mol. The number of amides is 2. The van der Waals surface area contributed by atoms with E-state index in [4.69, 9.17) is 0 Å². The maximum atomic E-state index is 13.2. The van der Waals surface area contributed by atoms with Crippen LogP contribution < -0.4 is 5.32 Å². The Kier molecular flexibility index (Phi) is 5.96. The fourth-order valence-electron chi connectivity index (χ4n) is 4.73. The number of carbonyl (C=O) groups excluding carboxylic acids is 2. The van der Waals surface area contributed by atoms with Gasteiger partial charge in [0.25, 0.3) is 0 Å². The van der Waals surface area contributed by atoms with E-state index in [0.29, 0.717) is 12.5 Å². The van der Waals surface area contributed by atoms with Gasteiger partial charge in [-0.05, 0) is 38.0 Å². The molecule has 3 aliphatic rings. The molecule has 1 heterocycles. The molecule has 1 saturated heterocycles. The summed E-state index contributed by atoms with van der Waals surface area (Å²) in [6, 6.07) is 0.418. The number of allylic oxidation sites excluding steroid dienone is 2. The molecular weight excluding hydrogens is 300 g/mol. The van der Waals surface area contributed by atoms with Crippen LogP contribution in [0.25, 0.3) is 0 Å². The number of rotatable bonds is 5. The predicted octanol–water partition coefficient (Wildman–Crippen LogP) is 3.28. The molecule has 0 spiro atoms. The van der Waals surface area contributed by atoms with Crippen LogP contribution in [-0.4, -0.2) is 35.8 Å². The van der Waals surface area contributed by atoms with Gasteiger partial charge in [0.2, 0.25) is 11.8 Å². The van der Waals surface area contributed by atoms with Crippen molar-refractivity contribution in [3.05, 3.63) is 12.2 Å². The van der Waals surface area contributed by atoms with Gasteiger partial charge in [-0.25, -0.2) is 0 Å². The molecule has 4 nitrogen and oxygen atoms in total. The molecule has 4 heteroatoms. The molecule has 24 heavy (non-hydrogen) atoms. The number of carbonyl (C=O) groups is 2. The first-order valence-corrected chi connectivity index (χ1v) is 9.97. The largest absolute Gasteiger partial charge is 0.356 e. The summed E-state index contributed by atoms with van der Waals surface area (Å²) < 4.78 is 0. The fourth-order valence-corrected chi connectivity index (χ4v) is 4.73. The number of likely N-dealkylation sites (tertiary alicyclic amines) is 1. The molecule has 0 aromatic carbocycles. The van der Waals surface area contributed by atoms with E-state index in [2.05, 4.69) is 29.3 Å². The number of hydrogen-bond donors (Lipinski definition) is 1. The Hall–Kier alpha value is -1.32. The molecule has 1 aliphatic heterocycles. The number of nitrogens with zero attached hydrogens (tertiary/aromatic N) is 1. The van der Waals surface area contributed by atoms with Crippen molar-refractivity contribution in [2.45, 2.75) is 70.8 Å². The second-order valence-electron chi connectivity index (χ2n) is 7.72. The molecule has 1 saturated carbocycles. The number of fused-ring (bicyclic) bond motifs is 1. The Balaban J connectivity index is 1.69. The van der Waals surface area contributed by atoms with Crippen molar-refractivity contribution in [2.24, 2.45) is 17.8 Å². The summed E-state index contributed by atoms with van der Waals surface area (Å²) >= 11 is 0. The van der Waals surface area contributed by atoms with Crippen LogP contribution in [0, 0.1) is 17.8 Å². The molecule has 3 rings (SSSR count). The average Bonchev–Trinajstić information content (AvgIpc) is 2.62. The van der Waals surface area contributed by atoms with Crippen molar-refractivity contribution in [1.82, 2.24) is 10.2 Å². The minimum atomic E-state index is -0.171. The lowest BCUT2D eigenvalue weighted by Crippen LogP contribution is -2.55. The summed E-state index contributed by atoms with van der Waals surface area (Å²) in [6.45, 7) is 3.73. The molecule has 2 fully saturated rings. The van der Waals surface area contributed by atoms with Crippen LogP contribution in [0.5, 0.6) is 0 Å². The third kappa shape index (κ3) is 3.68. The van der Waals surface area contributed by atoms with Gasteiger partial charge < -0.3 is 10.2 Å². The number of nitrogens with one attached hydrogen (secondary N) is 1. The summed E-state index contributed by atoms with van der Waals surface area (Å²) in [5.41, 5.74) is 0. The summed E-state index contributed by atoms with van der Waals surface area (Å²) in [4.78, 5) is 28.0. The molecule has 0 aromatic rings. The summed E-state index contributed by atoms with van der Waals surface area (Å²) in [7, 11) is 0. The Bertz CT molecular complexity index is 482. The number of hydrogen-bond acceptors (Lipinski definition) is 2. The van der Waals surface area contributed by atoms with E-state index in [1.165, 1.54) is 19.3 Å². The van der Waals surface area contributed by atoms with Gasteiger partial charge in [-0.15, -0.1) is 0 Å². The van der Waals surface area contributed by atoms with Crippen molar-refractivity contribution in [3.8, 4) is 0 Å². The van der Waals surface area contributed by atoms with E-state index in [0.717, 1.165) is 45.2 Å². The van der Waals surface area contributed by atoms with Gasteiger partial charge in [-0.1, -0.05) is 44.8 Å². The average molecular weight is 332 g/mol. The Morgan fingerprint density at radius 3 is 2.79 bits per heavy atom. The van der Waals surface area contributed by atoms with Gasteiger partial charge >= 0.3 is 0 Å². The van der Waals surface area contributed by atoms with E-state index >= 15 is 0 Å². The first kappa shape index (κ1) is 17.5. The zero-order valence-corrected chi connectivity index (χ0v) is 15.0. The molecule has 2 amide bonds. The highest BCUT2D eigenvalue weighted by atomic mass is 16.2. The SMILES string of the molecule is CCCCNC(=O)[C@@H]1CC=C[C@@H]2CCN(C3CCCCC3)C(=O)[C@@H]21. The summed E-state index contributed by atoms with van der Waals surface area (Å²) in [5, 5.41) is 3.06. The standard InChI is InChI=1S/C20H32N2O2/c1-2-3-13-21-19(23)17-11-7-8-15-12-14-22(20(24)18(15)17)16-9-5-4-6-10-16/h7-8,15-18H,2-6,9-14H2,1H3,(H,21,23)/t15-,17-,18+/m1/s1. The first-order valence-electron chi connectivity index (χ1n) is 9.97. The van der Waals surface area contributed by atoms with E-state index in [1.54, 1.807) is 0 Å². The van der Waals surface area contributed by atoms with Crippen LogP contribution in [0.2, 0.25) is 0 Å². The van der Waals surface area contributed by atoms with Crippen molar-refractivity contribution in [2.75, 3.05) is 13.1 Å². The molecule has 0 aromatic heterocycles. The lowest BCUT2D eigenvalue weighted by atomic mass is 9.70. The highest BCUT2D eigenvalue weighted by molar-refractivity contribution is 5.89. The maximum Gasteiger partial charge on any atom is 0.227 e. The van der Waals surface area contributed by atoms with E-state index in [1.807, 2.05) is 0 Å². The lowest BCUT2D eigenvalue weighted by Gasteiger charge is -2.45. The second kappa shape index (κ2) is 8.17. The Morgan fingerprint density at radius 1 is 1.25 bits per heavy atom. The normalized spacial score (nSPS) is 31.0. The van der Waals surface area contributed by atoms with Gasteiger partial charge in [-0.3, -0.25) is 9.59 Å². The van der Waals surface area contributed by atoms with Gasteiger partial charge in [0.1, 0.15) is 0 Å². The van der Waals surface area contributed by atoms with Gasteiger partial charge in [0.15, 0.2) is 0 Å². The zero-order valence-electron chi connectivity index (χ0n) is 15.0. The minimum absolute atomic E-state index is 0.0849. The van der Waals surface area contributed by atoms with Crippen LogP contribution in [0.1, 0.15) is 64.7 Å². The summed E-state index contributed by atoms with van der Waals surface area (Å²) in [5.74, 6) is 0.288. The van der Waals surface area contributed by atoms with E-state index in [-0.39, 0.29) is 29.6 Å². The minimum Gasteiger partial charge on any atom is -0.356 e. The van der Waals surface area contributed by atoms with Crippen LogP contribution in [-0.2, 0) is 9.59 Å². The molecule has 1 N–H and O–H groups in total. The molecular formula is C20H32N2O2. The predicted molar refractivity (Wildman–Crippen MR) is 95.3 cm³/mol. The Labute approximate surface area is 146 Å². The molecule has 0 bridgehead atoms.